The normalized spacial score (nSPS) is 15.2. The molecule has 0 radical (unpaired) electrons. The number of rotatable bonds is 6. The van der Waals surface area contributed by atoms with E-state index in [1.807, 2.05) is 72.4 Å². The van der Waals surface area contributed by atoms with Crippen LogP contribution in [0, 0.1) is 0 Å². The summed E-state index contributed by atoms with van der Waals surface area (Å²) in [5, 5.41) is 0. The predicted octanol–water partition coefficient (Wildman–Crippen LogP) is 3.62. The average molecular weight is 438 g/mol. The molecule has 1 aliphatic heterocycles. The number of aromatic nitrogens is 1. The highest BCUT2D eigenvalue weighted by Gasteiger charge is 2.27. The zero-order valence-electron chi connectivity index (χ0n) is 17.6. The quantitative estimate of drug-likeness (QED) is 0.640. The van der Waals surface area contributed by atoms with E-state index in [1.54, 1.807) is 17.0 Å². The zero-order chi connectivity index (χ0) is 21.8. The maximum atomic E-state index is 12.9. The van der Waals surface area contributed by atoms with Gasteiger partial charge in [0.1, 0.15) is 0 Å². The zero-order valence-corrected chi connectivity index (χ0v) is 18.4. The Hall–Kier alpha value is -2.90. The van der Waals surface area contributed by atoms with Crippen molar-refractivity contribution in [2.75, 3.05) is 13.1 Å². The summed E-state index contributed by atoms with van der Waals surface area (Å²) in [5.41, 5.74) is 2.75. The molecular formula is C24H27N3O3S. The first kappa shape index (κ1) is 21.3. The van der Waals surface area contributed by atoms with Crippen LogP contribution in [0.2, 0.25) is 0 Å². The van der Waals surface area contributed by atoms with E-state index in [0.29, 0.717) is 31.5 Å². The van der Waals surface area contributed by atoms with Crippen LogP contribution in [0.3, 0.4) is 0 Å². The van der Waals surface area contributed by atoms with Gasteiger partial charge in [0.2, 0.25) is 10.0 Å². The number of carbonyl (C=O) groups is 1. The minimum atomic E-state index is -3.56. The molecule has 2 aromatic carbocycles. The second kappa shape index (κ2) is 9.08. The fourth-order valence-corrected chi connectivity index (χ4v) is 5.16. The third-order valence-corrected chi connectivity index (χ3v) is 7.30. The van der Waals surface area contributed by atoms with Crippen molar-refractivity contribution in [1.29, 1.82) is 0 Å². The highest BCUT2D eigenvalue weighted by molar-refractivity contribution is 7.89. The number of benzene rings is 2. The molecule has 0 bridgehead atoms. The van der Waals surface area contributed by atoms with E-state index in [2.05, 4.69) is 4.72 Å². The molecule has 0 atom stereocenters. The lowest BCUT2D eigenvalue weighted by molar-refractivity contribution is 0.0711. The van der Waals surface area contributed by atoms with E-state index in [9.17, 15) is 13.2 Å². The molecular weight excluding hydrogens is 410 g/mol. The number of carbonyl (C=O) groups excluding carboxylic acids is 1. The van der Waals surface area contributed by atoms with E-state index >= 15 is 0 Å². The molecule has 3 aromatic rings. The van der Waals surface area contributed by atoms with Crippen molar-refractivity contribution in [1.82, 2.24) is 14.2 Å². The molecule has 1 aromatic heterocycles. The van der Waals surface area contributed by atoms with Crippen molar-refractivity contribution >= 4 is 15.9 Å². The Kier molecular flexibility index (Phi) is 6.25. The number of nitrogens with one attached hydrogen (secondary N) is 1. The standard InChI is InChI=1S/C24H27N3O3S/c1-2-19-5-11-23(12-6-19)31(29,30)25-21-13-17-27(18-14-21)24(28)20-7-9-22(10-8-20)26-15-3-4-16-26/h3-12,15-16,21,25H,2,13-14,17-18H2,1H3. The van der Waals surface area contributed by atoms with Crippen molar-refractivity contribution in [2.24, 2.45) is 0 Å². The first-order valence-electron chi connectivity index (χ1n) is 10.6. The first-order chi connectivity index (χ1) is 15.0. The minimum absolute atomic E-state index is 0.0180. The summed E-state index contributed by atoms with van der Waals surface area (Å²) in [4.78, 5) is 14.9. The summed E-state index contributed by atoms with van der Waals surface area (Å²) in [6.07, 6.45) is 5.98. The van der Waals surface area contributed by atoms with Gasteiger partial charge < -0.3 is 9.47 Å². The Labute approximate surface area is 183 Å². The Balaban J connectivity index is 1.34. The molecule has 0 unspecified atom stereocenters. The molecule has 1 saturated heterocycles. The summed E-state index contributed by atoms with van der Waals surface area (Å²) in [6, 6.07) is 18.3. The Morgan fingerprint density at radius 1 is 0.968 bits per heavy atom. The molecule has 4 rings (SSSR count). The van der Waals surface area contributed by atoms with Crippen molar-refractivity contribution in [3.8, 4) is 5.69 Å². The van der Waals surface area contributed by atoms with Gasteiger partial charge in [-0.05, 0) is 73.4 Å². The van der Waals surface area contributed by atoms with Gasteiger partial charge >= 0.3 is 0 Å². The van der Waals surface area contributed by atoms with Crippen LogP contribution >= 0.6 is 0 Å². The van der Waals surface area contributed by atoms with Gasteiger partial charge in [0.15, 0.2) is 0 Å². The van der Waals surface area contributed by atoms with Crippen LogP contribution in [-0.4, -0.2) is 42.9 Å². The van der Waals surface area contributed by atoms with Crippen LogP contribution in [0.5, 0.6) is 0 Å². The smallest absolute Gasteiger partial charge is 0.253 e. The van der Waals surface area contributed by atoms with Crippen LogP contribution in [0.4, 0.5) is 0 Å². The maximum Gasteiger partial charge on any atom is 0.253 e. The van der Waals surface area contributed by atoms with Gasteiger partial charge in [-0.15, -0.1) is 0 Å². The second-order valence-corrected chi connectivity index (χ2v) is 9.54. The maximum absolute atomic E-state index is 12.9. The molecule has 1 amide bonds. The number of nitrogens with zero attached hydrogens (tertiary/aromatic N) is 2. The van der Waals surface area contributed by atoms with Crippen LogP contribution in [0.1, 0.15) is 35.7 Å². The molecule has 0 spiro atoms. The van der Waals surface area contributed by atoms with E-state index in [1.165, 1.54) is 0 Å². The molecule has 7 heteroatoms. The van der Waals surface area contributed by atoms with E-state index < -0.39 is 10.0 Å². The second-order valence-electron chi connectivity index (χ2n) is 7.82. The van der Waals surface area contributed by atoms with Gasteiger partial charge in [-0.1, -0.05) is 19.1 Å². The molecule has 2 heterocycles. The SMILES string of the molecule is CCc1ccc(S(=O)(=O)NC2CCN(C(=O)c3ccc(-n4cccc4)cc3)CC2)cc1. The number of aryl methyl sites for hydroxylation is 1. The fourth-order valence-electron chi connectivity index (χ4n) is 3.86. The van der Waals surface area contributed by atoms with E-state index in [-0.39, 0.29) is 16.8 Å². The average Bonchev–Trinajstić information content (AvgIpc) is 3.34. The lowest BCUT2D eigenvalue weighted by Gasteiger charge is -2.32. The van der Waals surface area contributed by atoms with E-state index in [0.717, 1.165) is 17.7 Å². The first-order valence-corrected chi connectivity index (χ1v) is 12.1. The van der Waals surface area contributed by atoms with Gasteiger partial charge in [-0.25, -0.2) is 13.1 Å². The molecule has 1 fully saturated rings. The van der Waals surface area contributed by atoms with Gasteiger partial charge in [0.25, 0.3) is 5.91 Å². The van der Waals surface area contributed by atoms with Gasteiger partial charge in [-0.3, -0.25) is 4.79 Å². The number of hydrogen-bond donors (Lipinski definition) is 1. The Morgan fingerprint density at radius 2 is 1.58 bits per heavy atom. The van der Waals surface area contributed by atoms with Gasteiger partial charge in [-0.2, -0.15) is 0 Å². The summed E-state index contributed by atoms with van der Waals surface area (Å²) in [5.74, 6) is -0.0180. The minimum Gasteiger partial charge on any atom is -0.339 e. The number of amides is 1. The van der Waals surface area contributed by atoms with Crippen LogP contribution < -0.4 is 4.72 Å². The highest BCUT2D eigenvalue weighted by Crippen LogP contribution is 2.18. The fraction of sp³-hybridized carbons (Fsp3) is 0.292. The Bertz CT molecular complexity index is 1110. The summed E-state index contributed by atoms with van der Waals surface area (Å²) in [6.45, 7) is 3.09. The van der Waals surface area contributed by atoms with Crippen LogP contribution in [0.25, 0.3) is 5.69 Å². The van der Waals surface area contributed by atoms with Gasteiger partial charge in [0.05, 0.1) is 4.90 Å². The summed E-state index contributed by atoms with van der Waals surface area (Å²) < 4.78 is 30.1. The van der Waals surface area contributed by atoms with Crippen LogP contribution in [0.15, 0.2) is 78.0 Å². The lowest BCUT2D eigenvalue weighted by atomic mass is 10.0. The van der Waals surface area contributed by atoms with Gasteiger partial charge in [0, 0.05) is 42.8 Å². The molecule has 0 aliphatic carbocycles. The third-order valence-electron chi connectivity index (χ3n) is 5.76. The number of hydrogen-bond acceptors (Lipinski definition) is 3. The highest BCUT2D eigenvalue weighted by atomic mass is 32.2. The molecule has 0 saturated carbocycles. The molecule has 1 N–H and O–H groups in total. The predicted molar refractivity (Wildman–Crippen MR) is 121 cm³/mol. The topological polar surface area (TPSA) is 71.4 Å². The van der Waals surface area contributed by atoms with Crippen molar-refractivity contribution in [3.63, 3.8) is 0 Å². The van der Waals surface area contributed by atoms with E-state index in [4.69, 9.17) is 0 Å². The number of piperidine rings is 1. The molecule has 1 aliphatic rings. The Morgan fingerprint density at radius 3 is 2.16 bits per heavy atom. The van der Waals surface area contributed by atoms with Crippen molar-refractivity contribution in [3.05, 3.63) is 84.2 Å². The number of likely N-dealkylation sites (tertiary alicyclic amines) is 1. The summed E-state index contributed by atoms with van der Waals surface area (Å²) >= 11 is 0. The van der Waals surface area contributed by atoms with Crippen molar-refractivity contribution < 1.29 is 13.2 Å². The monoisotopic (exact) mass is 437 g/mol. The molecule has 6 nitrogen and oxygen atoms in total. The third kappa shape index (κ3) is 4.89. The molecule has 162 valence electrons. The number of sulfonamides is 1. The lowest BCUT2D eigenvalue weighted by Crippen LogP contribution is -2.46. The molecule has 31 heavy (non-hydrogen) atoms. The van der Waals surface area contributed by atoms with Crippen LogP contribution in [-0.2, 0) is 16.4 Å². The largest absolute Gasteiger partial charge is 0.339 e. The van der Waals surface area contributed by atoms with Crippen molar-refractivity contribution in [2.45, 2.75) is 37.1 Å². The summed E-state index contributed by atoms with van der Waals surface area (Å²) in [7, 11) is -3.56.